The van der Waals surface area contributed by atoms with Gasteiger partial charge in [-0.3, -0.25) is 0 Å². The van der Waals surface area contributed by atoms with Crippen molar-refractivity contribution >= 4 is 0 Å². The lowest BCUT2D eigenvalue weighted by atomic mass is 9.64. The van der Waals surface area contributed by atoms with Crippen LogP contribution >= 0.6 is 0 Å². The van der Waals surface area contributed by atoms with Crippen LogP contribution in [0.5, 0.6) is 5.75 Å². The van der Waals surface area contributed by atoms with E-state index in [1.165, 1.54) is 11.1 Å². The molecule has 0 bridgehead atoms. The van der Waals surface area contributed by atoms with E-state index >= 15 is 0 Å². The first-order valence-electron chi connectivity index (χ1n) is 7.23. The minimum absolute atomic E-state index is 0.0196. The summed E-state index contributed by atoms with van der Waals surface area (Å²) in [5.41, 5.74) is 2.73. The van der Waals surface area contributed by atoms with Crippen molar-refractivity contribution in [2.24, 2.45) is 5.41 Å². The zero-order valence-corrected chi connectivity index (χ0v) is 11.8. The Bertz CT molecular complexity index is 470. The second-order valence-corrected chi connectivity index (χ2v) is 6.37. The first kappa shape index (κ1) is 12.9. The fraction of sp³-hybridized carbons (Fsp3) is 0.625. The molecule has 3 heteroatoms. The van der Waals surface area contributed by atoms with E-state index in [0.29, 0.717) is 6.04 Å². The molecule has 1 aromatic rings. The molecule has 1 aliphatic carbocycles. The summed E-state index contributed by atoms with van der Waals surface area (Å²) in [5, 5.41) is 13.3. The van der Waals surface area contributed by atoms with Crippen LogP contribution in [-0.4, -0.2) is 30.4 Å². The Hall–Kier alpha value is -1.06. The molecule has 1 fully saturated rings. The number of hydrogen-bond acceptors (Lipinski definition) is 3. The normalized spacial score (nSPS) is 27.5. The first-order chi connectivity index (χ1) is 9.07. The highest BCUT2D eigenvalue weighted by Gasteiger charge is 2.46. The summed E-state index contributed by atoms with van der Waals surface area (Å²) in [6.07, 6.45) is 2.81. The molecule has 104 valence electrons. The van der Waals surface area contributed by atoms with Crippen LogP contribution in [0.25, 0.3) is 0 Å². The van der Waals surface area contributed by atoms with E-state index in [0.717, 1.165) is 38.2 Å². The van der Waals surface area contributed by atoms with Crippen LogP contribution < -0.4 is 10.1 Å². The van der Waals surface area contributed by atoms with E-state index < -0.39 is 0 Å². The molecule has 1 heterocycles. The van der Waals surface area contributed by atoms with E-state index in [9.17, 15) is 5.11 Å². The van der Waals surface area contributed by atoms with Crippen LogP contribution in [0, 0.1) is 5.41 Å². The van der Waals surface area contributed by atoms with Crippen LogP contribution in [0.1, 0.15) is 31.4 Å². The second kappa shape index (κ2) is 4.80. The van der Waals surface area contributed by atoms with Crippen molar-refractivity contribution in [2.75, 3.05) is 13.2 Å². The molecule has 3 rings (SSSR count). The number of nitrogens with one attached hydrogen (secondary N) is 1. The number of benzene rings is 1. The van der Waals surface area contributed by atoms with Gasteiger partial charge in [0.05, 0.1) is 12.7 Å². The summed E-state index contributed by atoms with van der Waals surface area (Å²) in [6.45, 7) is 6.06. The van der Waals surface area contributed by atoms with Gasteiger partial charge in [0.15, 0.2) is 0 Å². The van der Waals surface area contributed by atoms with Crippen LogP contribution in [0.15, 0.2) is 18.2 Å². The number of ether oxygens (including phenoxy) is 1. The summed E-state index contributed by atoms with van der Waals surface area (Å²) in [6, 6.07) is 6.96. The predicted octanol–water partition coefficient (Wildman–Crippen LogP) is 1.91. The summed E-state index contributed by atoms with van der Waals surface area (Å²) in [5.74, 6) is 1.06. The van der Waals surface area contributed by atoms with E-state index in [-0.39, 0.29) is 11.5 Å². The molecule has 0 saturated heterocycles. The maximum absolute atomic E-state index is 9.71. The molecule has 1 saturated carbocycles. The van der Waals surface area contributed by atoms with Gasteiger partial charge in [-0.2, -0.15) is 0 Å². The molecular weight excluding hydrogens is 238 g/mol. The summed E-state index contributed by atoms with van der Waals surface area (Å²) >= 11 is 0. The Morgan fingerprint density at radius 2 is 2.26 bits per heavy atom. The SMILES string of the molecule is CC1(C)C(O)CC1NCCc1ccc2c(c1)CCO2. The molecule has 2 aliphatic rings. The molecule has 1 aromatic carbocycles. The smallest absolute Gasteiger partial charge is 0.122 e. The van der Waals surface area contributed by atoms with Crippen molar-refractivity contribution in [3.05, 3.63) is 29.3 Å². The number of fused-ring (bicyclic) bond motifs is 1. The van der Waals surface area contributed by atoms with E-state index in [1.807, 2.05) is 0 Å². The number of aliphatic hydroxyl groups excluding tert-OH is 1. The number of hydrogen-bond donors (Lipinski definition) is 2. The molecular formula is C16H23NO2. The molecule has 0 aromatic heterocycles. The van der Waals surface area contributed by atoms with Crippen molar-refractivity contribution in [3.8, 4) is 5.75 Å². The average molecular weight is 261 g/mol. The third kappa shape index (κ3) is 2.37. The van der Waals surface area contributed by atoms with Crippen LogP contribution in [0.2, 0.25) is 0 Å². The summed E-state index contributed by atoms with van der Waals surface area (Å²) < 4.78 is 5.52. The molecule has 2 unspecified atom stereocenters. The van der Waals surface area contributed by atoms with Gasteiger partial charge >= 0.3 is 0 Å². The van der Waals surface area contributed by atoms with Crippen LogP contribution in [-0.2, 0) is 12.8 Å². The summed E-state index contributed by atoms with van der Waals surface area (Å²) in [7, 11) is 0. The lowest BCUT2D eigenvalue weighted by Crippen LogP contribution is -2.60. The van der Waals surface area contributed by atoms with Gasteiger partial charge in [-0.1, -0.05) is 26.0 Å². The molecule has 0 amide bonds. The zero-order valence-electron chi connectivity index (χ0n) is 11.8. The third-order valence-corrected chi connectivity index (χ3v) is 4.77. The first-order valence-corrected chi connectivity index (χ1v) is 7.23. The van der Waals surface area contributed by atoms with E-state index in [1.54, 1.807) is 0 Å². The quantitative estimate of drug-likeness (QED) is 0.870. The van der Waals surface area contributed by atoms with Crippen molar-refractivity contribution < 1.29 is 9.84 Å². The Morgan fingerprint density at radius 1 is 1.42 bits per heavy atom. The van der Waals surface area contributed by atoms with Gasteiger partial charge in [0, 0.05) is 17.9 Å². The lowest BCUT2D eigenvalue weighted by molar-refractivity contribution is -0.0720. The van der Waals surface area contributed by atoms with Gasteiger partial charge in [-0.25, -0.2) is 0 Å². The molecule has 0 spiro atoms. The Balaban J connectivity index is 1.51. The fourth-order valence-corrected chi connectivity index (χ4v) is 3.04. The number of aliphatic hydroxyl groups is 1. The van der Waals surface area contributed by atoms with Crippen LogP contribution in [0.3, 0.4) is 0 Å². The maximum Gasteiger partial charge on any atom is 0.122 e. The monoisotopic (exact) mass is 261 g/mol. The van der Waals surface area contributed by atoms with Crippen molar-refractivity contribution in [1.82, 2.24) is 5.32 Å². The second-order valence-electron chi connectivity index (χ2n) is 6.37. The Labute approximate surface area is 115 Å². The van der Waals surface area contributed by atoms with Crippen molar-refractivity contribution in [3.63, 3.8) is 0 Å². The Kier molecular flexibility index (Phi) is 3.27. The van der Waals surface area contributed by atoms with Gasteiger partial charge in [-0.05, 0) is 36.6 Å². The molecule has 2 N–H and O–H groups in total. The predicted molar refractivity (Wildman–Crippen MR) is 75.5 cm³/mol. The van der Waals surface area contributed by atoms with Gasteiger partial charge < -0.3 is 15.2 Å². The van der Waals surface area contributed by atoms with Crippen molar-refractivity contribution in [1.29, 1.82) is 0 Å². The lowest BCUT2D eigenvalue weighted by Gasteiger charge is -2.49. The summed E-state index contributed by atoms with van der Waals surface area (Å²) in [4.78, 5) is 0. The van der Waals surface area contributed by atoms with Gasteiger partial charge in [0.25, 0.3) is 0 Å². The number of rotatable bonds is 4. The van der Waals surface area contributed by atoms with E-state index in [2.05, 4.69) is 37.4 Å². The minimum Gasteiger partial charge on any atom is -0.493 e. The highest BCUT2D eigenvalue weighted by Crippen LogP contribution is 2.40. The minimum atomic E-state index is -0.151. The fourth-order valence-electron chi connectivity index (χ4n) is 3.04. The van der Waals surface area contributed by atoms with Gasteiger partial charge in [-0.15, -0.1) is 0 Å². The van der Waals surface area contributed by atoms with Crippen LogP contribution in [0.4, 0.5) is 0 Å². The third-order valence-electron chi connectivity index (χ3n) is 4.77. The van der Waals surface area contributed by atoms with Gasteiger partial charge in [0.2, 0.25) is 0 Å². The maximum atomic E-state index is 9.71. The highest BCUT2D eigenvalue weighted by atomic mass is 16.5. The van der Waals surface area contributed by atoms with E-state index in [4.69, 9.17) is 4.74 Å². The van der Waals surface area contributed by atoms with Crippen molar-refractivity contribution in [2.45, 2.75) is 45.3 Å². The molecule has 19 heavy (non-hydrogen) atoms. The average Bonchev–Trinajstić information content (AvgIpc) is 2.85. The van der Waals surface area contributed by atoms with Gasteiger partial charge in [0.1, 0.15) is 5.75 Å². The standard InChI is InChI=1S/C16H23NO2/c1-16(2)14(10-15(16)18)17-7-5-11-3-4-13-12(9-11)6-8-19-13/h3-4,9,14-15,17-18H,5-8,10H2,1-2H3. The molecule has 0 radical (unpaired) electrons. The molecule has 2 atom stereocenters. The highest BCUT2D eigenvalue weighted by molar-refractivity contribution is 5.39. The Morgan fingerprint density at radius 3 is 3.00 bits per heavy atom. The molecule has 1 aliphatic heterocycles. The molecule has 3 nitrogen and oxygen atoms in total. The topological polar surface area (TPSA) is 41.5 Å². The zero-order chi connectivity index (χ0) is 13.5. The largest absolute Gasteiger partial charge is 0.493 e.